The Bertz CT molecular complexity index is 513. The third-order valence-electron chi connectivity index (χ3n) is 1.71. The number of nitrogens with zero attached hydrogens (tertiary/aromatic N) is 2. The summed E-state index contributed by atoms with van der Waals surface area (Å²) < 4.78 is 25.3. The van der Waals surface area contributed by atoms with E-state index < -0.39 is 21.7 Å². The molecule has 1 rings (SSSR count). The van der Waals surface area contributed by atoms with Crippen molar-refractivity contribution in [3.8, 4) is 0 Å². The standard InChI is InChI=1S/C9H13N3O4S/c1-6(2)5-17(15,16)12-8-7(9(13)14)10-3-4-11-8/h3-4,6H,5H2,1-2H3,(H,11,12)(H,13,14). The zero-order chi connectivity index (χ0) is 13.1. The molecule has 0 saturated heterocycles. The maximum atomic E-state index is 11.6. The zero-order valence-corrected chi connectivity index (χ0v) is 10.2. The molecule has 0 fully saturated rings. The summed E-state index contributed by atoms with van der Waals surface area (Å²) in [7, 11) is -3.61. The summed E-state index contributed by atoms with van der Waals surface area (Å²) in [5.41, 5.74) is -0.417. The number of carbonyl (C=O) groups is 1. The molecule has 1 aromatic heterocycles. The Hall–Kier alpha value is -1.70. The van der Waals surface area contributed by atoms with Crippen molar-refractivity contribution >= 4 is 21.8 Å². The molecule has 0 radical (unpaired) electrons. The molecule has 2 N–H and O–H groups in total. The van der Waals surface area contributed by atoms with Gasteiger partial charge in [-0.1, -0.05) is 13.8 Å². The number of carboxylic acids is 1. The van der Waals surface area contributed by atoms with E-state index in [0.717, 1.165) is 0 Å². The van der Waals surface area contributed by atoms with Crippen molar-refractivity contribution in [2.45, 2.75) is 13.8 Å². The number of anilines is 1. The van der Waals surface area contributed by atoms with Gasteiger partial charge in [0.05, 0.1) is 5.75 Å². The fourth-order valence-corrected chi connectivity index (χ4v) is 2.60. The van der Waals surface area contributed by atoms with Gasteiger partial charge in [0.15, 0.2) is 11.5 Å². The van der Waals surface area contributed by atoms with Crippen molar-refractivity contribution in [1.82, 2.24) is 9.97 Å². The zero-order valence-electron chi connectivity index (χ0n) is 9.41. The Morgan fingerprint density at radius 3 is 2.53 bits per heavy atom. The second-order valence-corrected chi connectivity index (χ2v) is 5.60. The van der Waals surface area contributed by atoms with Crippen molar-refractivity contribution in [3.05, 3.63) is 18.1 Å². The lowest BCUT2D eigenvalue weighted by molar-refractivity contribution is 0.0691. The van der Waals surface area contributed by atoms with Crippen molar-refractivity contribution in [2.24, 2.45) is 5.92 Å². The van der Waals surface area contributed by atoms with Crippen molar-refractivity contribution in [1.29, 1.82) is 0 Å². The lowest BCUT2D eigenvalue weighted by Crippen LogP contribution is -2.22. The summed E-state index contributed by atoms with van der Waals surface area (Å²) in [6.45, 7) is 3.49. The van der Waals surface area contributed by atoms with Crippen LogP contribution in [0.25, 0.3) is 0 Å². The number of rotatable bonds is 5. The molecule has 0 aromatic carbocycles. The van der Waals surface area contributed by atoms with E-state index in [1.807, 2.05) is 0 Å². The van der Waals surface area contributed by atoms with Gasteiger partial charge in [0.2, 0.25) is 10.0 Å². The lowest BCUT2D eigenvalue weighted by Gasteiger charge is -2.10. The van der Waals surface area contributed by atoms with Crippen LogP contribution in [0.1, 0.15) is 24.3 Å². The first-order valence-corrected chi connectivity index (χ1v) is 6.52. The summed E-state index contributed by atoms with van der Waals surface area (Å²) >= 11 is 0. The average molecular weight is 259 g/mol. The highest BCUT2D eigenvalue weighted by molar-refractivity contribution is 7.92. The average Bonchev–Trinajstić information content (AvgIpc) is 2.14. The van der Waals surface area contributed by atoms with E-state index in [2.05, 4.69) is 14.7 Å². The molecule has 17 heavy (non-hydrogen) atoms. The molecule has 0 atom stereocenters. The van der Waals surface area contributed by atoms with Gasteiger partial charge in [0, 0.05) is 12.4 Å². The summed E-state index contributed by atoms with van der Waals surface area (Å²) in [5, 5.41) is 8.81. The second-order valence-electron chi connectivity index (χ2n) is 3.84. The number of aromatic carboxylic acids is 1. The van der Waals surface area contributed by atoms with Crippen LogP contribution in [0.4, 0.5) is 5.82 Å². The Morgan fingerprint density at radius 2 is 2.00 bits per heavy atom. The van der Waals surface area contributed by atoms with E-state index >= 15 is 0 Å². The molecule has 0 saturated carbocycles. The van der Waals surface area contributed by atoms with E-state index in [4.69, 9.17) is 5.11 Å². The fourth-order valence-electron chi connectivity index (χ4n) is 1.20. The maximum absolute atomic E-state index is 11.6. The van der Waals surface area contributed by atoms with Crippen LogP contribution < -0.4 is 4.72 Å². The minimum absolute atomic E-state index is 0.0718. The Kier molecular flexibility index (Phi) is 4.00. The van der Waals surface area contributed by atoms with Crippen molar-refractivity contribution in [3.63, 3.8) is 0 Å². The van der Waals surface area contributed by atoms with E-state index in [1.54, 1.807) is 13.8 Å². The largest absolute Gasteiger partial charge is 0.476 e. The molecular formula is C9H13N3O4S. The monoisotopic (exact) mass is 259 g/mol. The first-order chi connectivity index (χ1) is 7.82. The maximum Gasteiger partial charge on any atom is 0.358 e. The van der Waals surface area contributed by atoms with Crippen LogP contribution >= 0.6 is 0 Å². The van der Waals surface area contributed by atoms with Crippen molar-refractivity contribution in [2.75, 3.05) is 10.5 Å². The second kappa shape index (κ2) is 5.09. The Morgan fingerprint density at radius 1 is 1.41 bits per heavy atom. The van der Waals surface area contributed by atoms with Crippen molar-refractivity contribution < 1.29 is 18.3 Å². The first kappa shape index (κ1) is 13.4. The summed E-state index contributed by atoms with van der Waals surface area (Å²) in [5.74, 6) is -1.78. The van der Waals surface area contributed by atoms with Gasteiger partial charge in [-0.25, -0.2) is 23.2 Å². The first-order valence-electron chi connectivity index (χ1n) is 4.86. The molecular weight excluding hydrogens is 246 g/mol. The van der Waals surface area contributed by atoms with Gasteiger partial charge >= 0.3 is 5.97 Å². The molecule has 1 aromatic rings. The van der Waals surface area contributed by atoms with E-state index in [9.17, 15) is 13.2 Å². The van der Waals surface area contributed by atoms with Gasteiger partial charge in [-0.05, 0) is 5.92 Å². The van der Waals surface area contributed by atoms with Gasteiger partial charge in [-0.2, -0.15) is 0 Å². The normalized spacial score (nSPS) is 11.5. The summed E-state index contributed by atoms with van der Waals surface area (Å²) in [6, 6.07) is 0. The molecule has 1 heterocycles. The smallest absolute Gasteiger partial charge is 0.358 e. The highest BCUT2D eigenvalue weighted by Gasteiger charge is 2.19. The molecule has 0 aliphatic rings. The van der Waals surface area contributed by atoms with Gasteiger partial charge in [-0.3, -0.25) is 4.72 Å². The lowest BCUT2D eigenvalue weighted by atomic mass is 10.3. The van der Waals surface area contributed by atoms with Crippen LogP contribution in [0.2, 0.25) is 0 Å². The van der Waals surface area contributed by atoms with E-state index in [-0.39, 0.29) is 17.5 Å². The Balaban J connectivity index is 3.00. The van der Waals surface area contributed by atoms with Crippen LogP contribution in [-0.4, -0.2) is 35.2 Å². The predicted molar refractivity (Wildman–Crippen MR) is 61.2 cm³/mol. The Labute approximate surface area is 99.0 Å². The van der Waals surface area contributed by atoms with Crippen LogP contribution in [0.5, 0.6) is 0 Å². The van der Waals surface area contributed by atoms with Crippen LogP contribution in [0.15, 0.2) is 12.4 Å². The number of hydrogen-bond donors (Lipinski definition) is 2. The number of nitrogens with one attached hydrogen (secondary N) is 1. The third-order valence-corrected chi connectivity index (χ3v) is 3.32. The third kappa shape index (κ3) is 3.99. The van der Waals surface area contributed by atoms with Crippen LogP contribution in [0.3, 0.4) is 0 Å². The SMILES string of the molecule is CC(C)CS(=O)(=O)Nc1nccnc1C(=O)O. The number of sulfonamides is 1. The minimum atomic E-state index is -3.61. The van der Waals surface area contributed by atoms with Gasteiger partial charge < -0.3 is 5.11 Å². The topological polar surface area (TPSA) is 109 Å². The number of carboxylic acid groups (broad SMARTS) is 1. The number of hydrogen-bond acceptors (Lipinski definition) is 5. The van der Waals surface area contributed by atoms with E-state index in [1.165, 1.54) is 12.4 Å². The fraction of sp³-hybridized carbons (Fsp3) is 0.444. The molecule has 0 unspecified atom stereocenters. The molecule has 0 aliphatic carbocycles. The highest BCUT2D eigenvalue weighted by Crippen LogP contribution is 2.11. The van der Waals surface area contributed by atoms with Gasteiger partial charge in [0.25, 0.3) is 0 Å². The summed E-state index contributed by atoms with van der Waals surface area (Å²) in [6.07, 6.45) is 2.41. The highest BCUT2D eigenvalue weighted by atomic mass is 32.2. The van der Waals surface area contributed by atoms with Gasteiger partial charge in [-0.15, -0.1) is 0 Å². The molecule has 0 bridgehead atoms. The number of aromatic nitrogens is 2. The summed E-state index contributed by atoms with van der Waals surface area (Å²) in [4.78, 5) is 18.0. The molecule has 0 spiro atoms. The quantitative estimate of drug-likeness (QED) is 0.800. The molecule has 0 aliphatic heterocycles. The molecule has 8 heteroatoms. The minimum Gasteiger partial charge on any atom is -0.476 e. The van der Waals surface area contributed by atoms with Gasteiger partial charge in [0.1, 0.15) is 0 Å². The molecule has 7 nitrogen and oxygen atoms in total. The predicted octanol–water partition coefficient (Wildman–Crippen LogP) is 0.573. The van der Waals surface area contributed by atoms with E-state index in [0.29, 0.717) is 0 Å². The molecule has 94 valence electrons. The van der Waals surface area contributed by atoms with Crippen LogP contribution in [0, 0.1) is 5.92 Å². The van der Waals surface area contributed by atoms with Crippen LogP contribution in [-0.2, 0) is 10.0 Å². The molecule has 0 amide bonds.